The zero-order valence-corrected chi connectivity index (χ0v) is 26.6. The molecular weight excluding hydrogens is 564 g/mol. The fourth-order valence-corrected chi connectivity index (χ4v) is 5.01. The van der Waals surface area contributed by atoms with Gasteiger partial charge in [0.25, 0.3) is 5.91 Å². The molecule has 0 spiro atoms. The number of fused-ring (bicyclic) bond motifs is 1. The van der Waals surface area contributed by atoms with Crippen molar-refractivity contribution in [1.82, 2.24) is 20.9 Å². The first kappa shape index (κ1) is 34.2. The van der Waals surface area contributed by atoms with E-state index >= 15 is 0 Å². The number of likely N-dealkylation sites (N-methyl/N-ethyl adjacent to an activating group) is 1. The van der Waals surface area contributed by atoms with Crippen LogP contribution >= 0.6 is 0 Å². The lowest BCUT2D eigenvalue weighted by Crippen LogP contribution is -2.55. The lowest BCUT2D eigenvalue weighted by atomic mass is 9.99. The van der Waals surface area contributed by atoms with Crippen molar-refractivity contribution in [3.05, 3.63) is 54.1 Å². The maximum atomic E-state index is 13.7. The van der Waals surface area contributed by atoms with Crippen molar-refractivity contribution in [1.29, 1.82) is 0 Å². The number of ether oxygens (including phenoxy) is 3. The molecule has 2 aromatic carbocycles. The van der Waals surface area contributed by atoms with E-state index in [1.54, 1.807) is 67.6 Å². The Morgan fingerprint density at radius 1 is 1.00 bits per heavy atom. The quantitative estimate of drug-likeness (QED) is 0.352. The van der Waals surface area contributed by atoms with E-state index in [9.17, 15) is 19.2 Å². The van der Waals surface area contributed by atoms with Gasteiger partial charge in [-0.25, -0.2) is 0 Å². The number of nitrogens with one attached hydrogen (secondary N) is 3. The van der Waals surface area contributed by atoms with Crippen molar-refractivity contribution in [2.75, 3.05) is 33.9 Å². The number of para-hydroxylation sites is 1. The minimum absolute atomic E-state index is 0.117. The van der Waals surface area contributed by atoms with Crippen LogP contribution < -0.4 is 30.2 Å². The summed E-state index contributed by atoms with van der Waals surface area (Å²) in [5, 5.41) is 8.28. The Morgan fingerprint density at radius 3 is 2.41 bits per heavy atom. The Bertz CT molecular complexity index is 1280. The van der Waals surface area contributed by atoms with Crippen LogP contribution in [0.2, 0.25) is 0 Å². The molecule has 0 unspecified atom stereocenters. The summed E-state index contributed by atoms with van der Waals surface area (Å²) >= 11 is 0. The average Bonchev–Trinajstić information content (AvgIpc) is 2.99. The summed E-state index contributed by atoms with van der Waals surface area (Å²) in [6.07, 6.45) is 0.721. The first-order valence-corrected chi connectivity index (χ1v) is 15.1. The number of carbonyl (C=O) groups is 4. The molecule has 1 aliphatic rings. The summed E-state index contributed by atoms with van der Waals surface area (Å²) in [4.78, 5) is 55.4. The van der Waals surface area contributed by atoms with Crippen LogP contribution in [0.15, 0.2) is 48.5 Å². The fourth-order valence-electron chi connectivity index (χ4n) is 5.01. The first-order chi connectivity index (χ1) is 21.0. The number of hydrogen-bond donors (Lipinski definition) is 3. The van der Waals surface area contributed by atoms with Crippen molar-refractivity contribution in [3.63, 3.8) is 0 Å². The molecule has 1 aliphatic heterocycles. The number of amides is 4. The number of nitrogens with zero attached hydrogens (tertiary/aromatic N) is 1. The van der Waals surface area contributed by atoms with E-state index in [0.717, 1.165) is 0 Å². The molecule has 44 heavy (non-hydrogen) atoms. The molecule has 3 N–H and O–H groups in total. The van der Waals surface area contributed by atoms with Crippen LogP contribution in [-0.4, -0.2) is 80.6 Å². The predicted molar refractivity (Wildman–Crippen MR) is 167 cm³/mol. The zero-order chi connectivity index (χ0) is 32.2. The van der Waals surface area contributed by atoms with E-state index < -0.39 is 29.8 Å². The highest BCUT2D eigenvalue weighted by Gasteiger charge is 2.32. The molecule has 0 fully saturated rings. The zero-order valence-electron chi connectivity index (χ0n) is 26.6. The highest BCUT2D eigenvalue weighted by molar-refractivity contribution is 6.01. The van der Waals surface area contributed by atoms with Crippen molar-refractivity contribution in [2.45, 2.75) is 65.1 Å². The van der Waals surface area contributed by atoms with E-state index in [1.807, 2.05) is 13.8 Å². The minimum atomic E-state index is -1.21. The van der Waals surface area contributed by atoms with E-state index in [0.29, 0.717) is 30.1 Å². The molecule has 1 heterocycles. The van der Waals surface area contributed by atoms with E-state index in [2.05, 4.69) is 29.8 Å². The van der Waals surface area contributed by atoms with Crippen molar-refractivity contribution < 1.29 is 33.4 Å². The average molecular weight is 611 g/mol. The molecule has 3 atom stereocenters. The number of hydrogen-bond acceptors (Lipinski definition) is 7. The maximum Gasteiger partial charge on any atom is 0.255 e. The van der Waals surface area contributed by atoms with Crippen LogP contribution in [0, 0.1) is 11.8 Å². The second-order valence-corrected chi connectivity index (χ2v) is 11.8. The maximum absolute atomic E-state index is 13.7. The SMILES string of the molecule is COc1cccc(OCCNC(=O)[C@@H]2CC(=O)N[C@@H](CC(C)C)C(=O)N(C)[C@@H](CC(C)C)COc3ccccc3C(=O)N2)c1. The fraction of sp³-hybridized carbons (Fsp3) is 0.515. The topological polar surface area (TPSA) is 135 Å². The van der Waals surface area contributed by atoms with Gasteiger partial charge in [0.15, 0.2) is 0 Å². The summed E-state index contributed by atoms with van der Waals surface area (Å²) in [6.45, 7) is 8.51. The number of carbonyl (C=O) groups excluding carboxylic acids is 4. The van der Waals surface area contributed by atoms with Crippen molar-refractivity contribution in [2.24, 2.45) is 11.8 Å². The van der Waals surface area contributed by atoms with E-state index in [4.69, 9.17) is 14.2 Å². The van der Waals surface area contributed by atoms with Gasteiger partial charge in [0, 0.05) is 13.1 Å². The molecule has 0 bridgehead atoms. The molecule has 0 saturated heterocycles. The molecule has 3 rings (SSSR count). The molecular formula is C33H46N4O7. The summed E-state index contributed by atoms with van der Waals surface area (Å²) in [6, 6.07) is 11.5. The molecule has 240 valence electrons. The summed E-state index contributed by atoms with van der Waals surface area (Å²) < 4.78 is 17.0. The van der Waals surface area contributed by atoms with Crippen molar-refractivity contribution in [3.8, 4) is 17.2 Å². The summed E-state index contributed by atoms with van der Waals surface area (Å²) in [5.41, 5.74) is 0.221. The molecule has 4 amide bonds. The van der Waals surface area contributed by atoms with Crippen LogP contribution in [-0.2, 0) is 14.4 Å². The van der Waals surface area contributed by atoms with Gasteiger partial charge in [-0.15, -0.1) is 0 Å². The van der Waals surface area contributed by atoms with Crippen LogP contribution in [0.3, 0.4) is 0 Å². The minimum Gasteiger partial charge on any atom is -0.497 e. The Kier molecular flexibility index (Phi) is 12.9. The largest absolute Gasteiger partial charge is 0.497 e. The Labute approximate surface area is 260 Å². The molecule has 0 radical (unpaired) electrons. The highest BCUT2D eigenvalue weighted by atomic mass is 16.5. The Balaban J connectivity index is 1.83. The van der Waals surface area contributed by atoms with Gasteiger partial charge in [-0.2, -0.15) is 0 Å². The smallest absolute Gasteiger partial charge is 0.255 e. The van der Waals surface area contributed by atoms with Crippen LogP contribution in [0.1, 0.15) is 57.3 Å². The standard InChI is InChI=1S/C33H46N4O7/c1-21(2)16-23-20-44-29-13-8-7-12-26(29)31(39)36-27(19-30(38)35-28(17-22(3)4)33(41)37(23)5)32(40)34-14-15-43-25-11-9-10-24(18-25)42-6/h7-13,18,21-23,27-28H,14-17,19-20H2,1-6H3,(H,34,40)(H,35,38)(H,36,39)/t23-,27-,28-/m0/s1. The second kappa shape index (κ2) is 16.5. The highest BCUT2D eigenvalue weighted by Crippen LogP contribution is 2.22. The number of benzene rings is 2. The lowest BCUT2D eigenvalue weighted by Gasteiger charge is -2.33. The monoisotopic (exact) mass is 610 g/mol. The van der Waals surface area contributed by atoms with Crippen LogP contribution in [0.4, 0.5) is 0 Å². The third-order valence-electron chi connectivity index (χ3n) is 7.26. The summed E-state index contributed by atoms with van der Waals surface area (Å²) in [5.74, 6) is 0.0594. The molecule has 2 aromatic rings. The van der Waals surface area contributed by atoms with Crippen LogP contribution in [0.25, 0.3) is 0 Å². The summed E-state index contributed by atoms with van der Waals surface area (Å²) in [7, 11) is 3.27. The third kappa shape index (κ3) is 10.2. The molecule has 0 saturated carbocycles. The van der Waals surface area contributed by atoms with Crippen LogP contribution in [0.5, 0.6) is 17.2 Å². The molecule has 0 aliphatic carbocycles. The lowest BCUT2D eigenvalue weighted by molar-refractivity contribution is -0.138. The van der Waals surface area contributed by atoms with Gasteiger partial charge in [0.2, 0.25) is 17.7 Å². The van der Waals surface area contributed by atoms with E-state index in [-0.39, 0.29) is 55.5 Å². The van der Waals surface area contributed by atoms with Gasteiger partial charge >= 0.3 is 0 Å². The number of methoxy groups -OCH3 is 1. The normalized spacial score (nSPS) is 19.8. The molecule has 11 nitrogen and oxygen atoms in total. The predicted octanol–water partition coefficient (Wildman–Crippen LogP) is 3.18. The van der Waals surface area contributed by atoms with Gasteiger partial charge in [-0.05, 0) is 48.9 Å². The van der Waals surface area contributed by atoms with Crippen molar-refractivity contribution >= 4 is 23.6 Å². The molecule has 0 aromatic heterocycles. The van der Waals surface area contributed by atoms with Gasteiger partial charge in [-0.3, -0.25) is 19.2 Å². The third-order valence-corrected chi connectivity index (χ3v) is 7.26. The molecule has 11 heteroatoms. The van der Waals surface area contributed by atoms with Gasteiger partial charge in [0.05, 0.1) is 31.7 Å². The Morgan fingerprint density at radius 2 is 1.70 bits per heavy atom. The van der Waals surface area contributed by atoms with Gasteiger partial charge in [-0.1, -0.05) is 45.9 Å². The Hall–Kier alpha value is -4.28. The first-order valence-electron chi connectivity index (χ1n) is 15.1. The van der Waals surface area contributed by atoms with Gasteiger partial charge in [0.1, 0.15) is 42.5 Å². The van der Waals surface area contributed by atoms with E-state index in [1.165, 1.54) is 0 Å². The second-order valence-electron chi connectivity index (χ2n) is 11.8. The number of rotatable bonds is 10. The van der Waals surface area contributed by atoms with Gasteiger partial charge < -0.3 is 35.1 Å².